The van der Waals surface area contributed by atoms with E-state index in [9.17, 15) is 0 Å². The van der Waals surface area contributed by atoms with Gasteiger partial charge in [-0.15, -0.1) is 0 Å². The molecule has 0 aliphatic heterocycles. The molecule has 0 aliphatic rings. The molecule has 0 bridgehead atoms. The molecule has 0 amide bonds. The van der Waals surface area contributed by atoms with Gasteiger partial charge >= 0.3 is 0 Å². The molecule has 0 aromatic heterocycles. The predicted molar refractivity (Wildman–Crippen MR) is 73.1 cm³/mol. The molecule has 2 rings (SSSR count). The Morgan fingerprint density at radius 2 is 1.06 bits per heavy atom. The van der Waals surface area contributed by atoms with E-state index in [0.717, 1.165) is 12.3 Å². The highest BCUT2D eigenvalue weighted by Crippen LogP contribution is 2.47. The summed E-state index contributed by atoms with van der Waals surface area (Å²) in [4.78, 5) is 0. The zero-order valence-corrected chi connectivity index (χ0v) is 10.7. The van der Waals surface area contributed by atoms with Crippen LogP contribution in [0.4, 0.5) is 0 Å². The fourth-order valence-corrected chi connectivity index (χ4v) is 3.77. The van der Waals surface area contributed by atoms with E-state index in [1.807, 2.05) is 12.1 Å². The van der Waals surface area contributed by atoms with E-state index in [0.29, 0.717) is 0 Å². The Morgan fingerprint density at radius 3 is 1.44 bits per heavy atom. The molecule has 0 radical (unpaired) electrons. The standard InChI is InChI=1S/C14H14ClP/c15-16(11-13-7-3-1-4-8-13)12-14-9-5-2-6-10-14/h1-10H,11-12H2. The lowest BCUT2D eigenvalue weighted by Gasteiger charge is -2.09. The summed E-state index contributed by atoms with van der Waals surface area (Å²) in [5.74, 6) is 0. The number of halogens is 1. The Hall–Kier alpha value is -0.840. The first kappa shape index (κ1) is 11.6. The van der Waals surface area contributed by atoms with Gasteiger partial charge in [0.2, 0.25) is 0 Å². The fraction of sp³-hybridized carbons (Fsp3) is 0.143. The maximum atomic E-state index is 6.41. The lowest BCUT2D eigenvalue weighted by Crippen LogP contribution is -1.84. The molecule has 0 aliphatic carbocycles. The Bertz CT molecular complexity index is 372. The fourth-order valence-electron chi connectivity index (χ4n) is 1.62. The van der Waals surface area contributed by atoms with Crippen LogP contribution in [0.2, 0.25) is 0 Å². The maximum Gasteiger partial charge on any atom is 0.00689 e. The molecule has 0 N–H and O–H groups in total. The minimum absolute atomic E-state index is 0.461. The van der Waals surface area contributed by atoms with Crippen molar-refractivity contribution in [3.63, 3.8) is 0 Å². The molecule has 82 valence electrons. The van der Waals surface area contributed by atoms with Crippen molar-refractivity contribution in [2.45, 2.75) is 12.3 Å². The largest absolute Gasteiger partial charge is 0.0957 e. The van der Waals surface area contributed by atoms with Crippen LogP contribution >= 0.6 is 18.5 Å². The van der Waals surface area contributed by atoms with E-state index in [1.165, 1.54) is 11.1 Å². The van der Waals surface area contributed by atoms with Crippen LogP contribution in [0.3, 0.4) is 0 Å². The third-order valence-electron chi connectivity index (χ3n) is 2.39. The first-order valence-corrected chi connectivity index (χ1v) is 7.95. The summed E-state index contributed by atoms with van der Waals surface area (Å²) in [5.41, 5.74) is 2.67. The number of hydrogen-bond acceptors (Lipinski definition) is 0. The molecule has 2 heteroatoms. The molecule has 0 spiro atoms. The van der Waals surface area contributed by atoms with Crippen molar-refractivity contribution in [3.05, 3.63) is 71.8 Å². The SMILES string of the molecule is ClP(Cc1ccccc1)Cc1ccccc1. The summed E-state index contributed by atoms with van der Waals surface area (Å²) in [6.45, 7) is 0. The van der Waals surface area contributed by atoms with Crippen LogP contribution in [0.1, 0.15) is 11.1 Å². The summed E-state index contributed by atoms with van der Waals surface area (Å²) in [5, 5.41) is 0. The number of hydrogen-bond donors (Lipinski definition) is 0. The van der Waals surface area contributed by atoms with Gasteiger partial charge in [-0.3, -0.25) is 0 Å². The van der Waals surface area contributed by atoms with Gasteiger partial charge in [-0.2, -0.15) is 0 Å². The van der Waals surface area contributed by atoms with Crippen LogP contribution in [0, 0.1) is 0 Å². The first-order chi connectivity index (χ1) is 7.84. The van der Waals surface area contributed by atoms with E-state index in [1.54, 1.807) is 0 Å². The lowest BCUT2D eigenvalue weighted by molar-refractivity contribution is 1.34. The molecule has 0 saturated carbocycles. The Labute approximate surface area is 103 Å². The Kier molecular flexibility index (Phi) is 4.39. The van der Waals surface area contributed by atoms with Gasteiger partial charge in [-0.05, 0) is 18.4 Å². The van der Waals surface area contributed by atoms with Crippen molar-refractivity contribution in [1.82, 2.24) is 0 Å². The molecule has 16 heavy (non-hydrogen) atoms. The van der Waals surface area contributed by atoms with Gasteiger partial charge in [0.15, 0.2) is 0 Å². The quantitative estimate of drug-likeness (QED) is 0.667. The highest BCUT2D eigenvalue weighted by molar-refractivity contribution is 7.82. The van der Waals surface area contributed by atoms with Crippen LogP contribution in [0.15, 0.2) is 60.7 Å². The molecule has 0 saturated heterocycles. The van der Waals surface area contributed by atoms with Gasteiger partial charge in [0.1, 0.15) is 0 Å². The van der Waals surface area contributed by atoms with E-state index in [4.69, 9.17) is 11.2 Å². The van der Waals surface area contributed by atoms with Crippen molar-refractivity contribution < 1.29 is 0 Å². The van der Waals surface area contributed by atoms with E-state index < -0.39 is 7.27 Å². The monoisotopic (exact) mass is 248 g/mol. The van der Waals surface area contributed by atoms with Gasteiger partial charge in [0, 0.05) is 12.3 Å². The molecule has 0 unspecified atom stereocenters. The van der Waals surface area contributed by atoms with Crippen LogP contribution in [0.5, 0.6) is 0 Å². The zero-order valence-electron chi connectivity index (χ0n) is 9.01. The number of rotatable bonds is 4. The zero-order chi connectivity index (χ0) is 11.2. The third kappa shape index (κ3) is 3.63. The van der Waals surface area contributed by atoms with Gasteiger partial charge in [0.05, 0.1) is 0 Å². The maximum absolute atomic E-state index is 6.41. The molecule has 0 heterocycles. The minimum atomic E-state index is -0.461. The summed E-state index contributed by atoms with van der Waals surface area (Å²) in [6.07, 6.45) is 1.99. The molecule has 2 aromatic rings. The summed E-state index contributed by atoms with van der Waals surface area (Å²) < 4.78 is 0. The van der Waals surface area contributed by atoms with Crippen LogP contribution in [-0.4, -0.2) is 0 Å². The van der Waals surface area contributed by atoms with Gasteiger partial charge in [-0.25, -0.2) is 0 Å². The van der Waals surface area contributed by atoms with E-state index in [2.05, 4.69) is 48.5 Å². The van der Waals surface area contributed by atoms with Gasteiger partial charge < -0.3 is 0 Å². The van der Waals surface area contributed by atoms with Crippen molar-refractivity contribution in [3.8, 4) is 0 Å². The van der Waals surface area contributed by atoms with Crippen molar-refractivity contribution in [1.29, 1.82) is 0 Å². The Morgan fingerprint density at radius 1 is 0.688 bits per heavy atom. The van der Waals surface area contributed by atoms with E-state index in [-0.39, 0.29) is 0 Å². The van der Waals surface area contributed by atoms with Crippen LogP contribution < -0.4 is 0 Å². The molecule has 0 nitrogen and oxygen atoms in total. The van der Waals surface area contributed by atoms with Crippen LogP contribution in [-0.2, 0) is 12.3 Å². The van der Waals surface area contributed by atoms with Crippen LogP contribution in [0.25, 0.3) is 0 Å². The van der Waals surface area contributed by atoms with Crippen molar-refractivity contribution >= 4 is 18.5 Å². The summed E-state index contributed by atoms with van der Waals surface area (Å²) >= 11 is 6.41. The van der Waals surface area contributed by atoms with Crippen molar-refractivity contribution in [2.75, 3.05) is 0 Å². The first-order valence-electron chi connectivity index (χ1n) is 5.33. The molecular formula is C14H14ClP. The number of benzene rings is 2. The molecule has 0 fully saturated rings. The van der Waals surface area contributed by atoms with E-state index >= 15 is 0 Å². The normalized spacial score (nSPS) is 10.6. The average Bonchev–Trinajstić information content (AvgIpc) is 2.31. The highest BCUT2D eigenvalue weighted by Gasteiger charge is 2.06. The molecule has 0 atom stereocenters. The average molecular weight is 249 g/mol. The van der Waals surface area contributed by atoms with Gasteiger partial charge in [-0.1, -0.05) is 71.9 Å². The second-order valence-corrected chi connectivity index (χ2v) is 6.74. The topological polar surface area (TPSA) is 0 Å². The predicted octanol–water partition coefficient (Wildman–Crippen LogP) is 5.02. The summed E-state index contributed by atoms with van der Waals surface area (Å²) in [6, 6.07) is 20.9. The highest BCUT2D eigenvalue weighted by atomic mass is 35.7. The second kappa shape index (κ2) is 6.03. The summed E-state index contributed by atoms with van der Waals surface area (Å²) in [7, 11) is -0.461. The molecular weight excluding hydrogens is 235 g/mol. The van der Waals surface area contributed by atoms with Gasteiger partial charge in [0.25, 0.3) is 0 Å². The lowest BCUT2D eigenvalue weighted by atomic mass is 10.2. The molecule has 2 aromatic carbocycles. The van der Waals surface area contributed by atoms with Crippen molar-refractivity contribution in [2.24, 2.45) is 0 Å². The Balaban J connectivity index is 1.92. The third-order valence-corrected chi connectivity index (χ3v) is 4.53. The second-order valence-electron chi connectivity index (χ2n) is 3.75. The minimum Gasteiger partial charge on any atom is -0.0957 e. The smallest absolute Gasteiger partial charge is 0.00689 e.